The molecule has 112 valence electrons. The highest BCUT2D eigenvalue weighted by molar-refractivity contribution is 7.99. The quantitative estimate of drug-likeness (QED) is 0.491. The number of thiophene rings is 1. The van der Waals surface area contributed by atoms with Crippen molar-refractivity contribution >= 4 is 40.5 Å². The van der Waals surface area contributed by atoms with Crippen LogP contribution in [-0.4, -0.2) is 21.7 Å². The summed E-state index contributed by atoms with van der Waals surface area (Å²) in [6.45, 7) is 1.98. The molecule has 0 aliphatic heterocycles. The minimum atomic E-state index is 0.0642. The number of rotatable bonds is 5. The molecule has 0 aliphatic rings. The van der Waals surface area contributed by atoms with Gasteiger partial charge in [-0.05, 0) is 43.3 Å². The summed E-state index contributed by atoms with van der Waals surface area (Å²) in [7, 11) is 0. The van der Waals surface area contributed by atoms with Crippen molar-refractivity contribution < 1.29 is 9.21 Å². The average Bonchev–Trinajstić information content (AvgIpc) is 3.15. The number of aromatic nitrogens is 2. The minimum Gasteiger partial charge on any atom is -0.411 e. The third-order valence-corrected chi connectivity index (χ3v) is 4.95. The van der Waals surface area contributed by atoms with E-state index in [0.717, 1.165) is 15.3 Å². The maximum absolute atomic E-state index is 12.0. The summed E-state index contributed by atoms with van der Waals surface area (Å²) in [5, 5.41) is 8.96. The number of benzene rings is 1. The van der Waals surface area contributed by atoms with Gasteiger partial charge in [0.05, 0.1) is 10.6 Å². The van der Waals surface area contributed by atoms with Crippen LogP contribution in [-0.2, 0) is 0 Å². The molecule has 1 aromatic carbocycles. The van der Waals surface area contributed by atoms with Crippen molar-refractivity contribution in [2.45, 2.75) is 12.1 Å². The molecule has 0 N–H and O–H groups in total. The van der Waals surface area contributed by atoms with E-state index in [1.165, 1.54) is 23.1 Å². The molecule has 0 bridgehead atoms. The van der Waals surface area contributed by atoms with E-state index in [2.05, 4.69) is 10.2 Å². The van der Waals surface area contributed by atoms with E-state index in [4.69, 9.17) is 16.0 Å². The molecule has 4 nitrogen and oxygen atoms in total. The maximum Gasteiger partial charge on any atom is 0.277 e. The van der Waals surface area contributed by atoms with E-state index in [1.807, 2.05) is 31.2 Å². The Morgan fingerprint density at radius 1 is 1.23 bits per heavy atom. The highest BCUT2D eigenvalue weighted by Crippen LogP contribution is 2.25. The number of hydrogen-bond acceptors (Lipinski definition) is 6. The predicted octanol–water partition coefficient (Wildman–Crippen LogP) is 4.73. The van der Waals surface area contributed by atoms with Crippen molar-refractivity contribution in [3.63, 3.8) is 0 Å². The average molecular weight is 351 g/mol. The monoisotopic (exact) mass is 350 g/mol. The Morgan fingerprint density at radius 3 is 2.68 bits per heavy atom. The number of thioether (sulfide) groups is 1. The second-order valence-electron chi connectivity index (χ2n) is 4.50. The molecule has 2 aromatic heterocycles. The van der Waals surface area contributed by atoms with Crippen molar-refractivity contribution in [3.05, 3.63) is 51.2 Å². The number of aryl methyl sites for hydroxylation is 1. The van der Waals surface area contributed by atoms with Crippen molar-refractivity contribution in [1.29, 1.82) is 0 Å². The van der Waals surface area contributed by atoms with Crippen LogP contribution in [0.1, 0.15) is 14.5 Å². The minimum absolute atomic E-state index is 0.0642. The fourth-order valence-corrected chi connectivity index (χ4v) is 3.43. The molecular formula is C15H11ClN2O2S2. The molecule has 0 amide bonds. The highest BCUT2D eigenvalue weighted by Gasteiger charge is 2.13. The van der Waals surface area contributed by atoms with Gasteiger partial charge in [0, 0.05) is 15.5 Å². The molecule has 0 aliphatic carbocycles. The first-order valence-corrected chi connectivity index (χ1v) is 8.62. The first-order chi connectivity index (χ1) is 10.6. The molecule has 0 unspecified atom stereocenters. The summed E-state index contributed by atoms with van der Waals surface area (Å²) < 4.78 is 5.55. The molecule has 3 rings (SSSR count). The van der Waals surface area contributed by atoms with Crippen LogP contribution in [0, 0.1) is 6.92 Å². The zero-order valence-electron chi connectivity index (χ0n) is 11.6. The Bertz CT molecular complexity index is 796. The fourth-order valence-electron chi connectivity index (χ4n) is 1.76. The van der Waals surface area contributed by atoms with Crippen LogP contribution in [0.25, 0.3) is 11.5 Å². The number of Topliss-reactive ketones (excluding diaryl/α,β-unsaturated/α-hetero) is 1. The Morgan fingerprint density at radius 2 is 2.00 bits per heavy atom. The zero-order chi connectivity index (χ0) is 15.5. The number of carbonyl (C=O) groups excluding carboxylic acids is 1. The van der Waals surface area contributed by atoms with Gasteiger partial charge in [0.15, 0.2) is 5.78 Å². The lowest BCUT2D eigenvalue weighted by molar-refractivity contribution is 0.102. The van der Waals surface area contributed by atoms with Gasteiger partial charge < -0.3 is 4.42 Å². The summed E-state index contributed by atoms with van der Waals surface area (Å²) in [6, 6.07) is 10.9. The lowest BCUT2D eigenvalue weighted by Gasteiger charge is -1.95. The molecule has 22 heavy (non-hydrogen) atoms. The van der Waals surface area contributed by atoms with Crippen LogP contribution in [0.3, 0.4) is 0 Å². The number of carbonyl (C=O) groups is 1. The Balaban J connectivity index is 1.64. The van der Waals surface area contributed by atoms with Gasteiger partial charge in [-0.25, -0.2) is 0 Å². The molecular weight excluding hydrogens is 340 g/mol. The smallest absolute Gasteiger partial charge is 0.277 e. The van der Waals surface area contributed by atoms with Crippen LogP contribution >= 0.6 is 34.7 Å². The standard InChI is InChI=1S/C15H11ClN2O2S2/c1-9-2-7-13(22-9)12(19)8-21-15-18-17-14(20-15)10-3-5-11(16)6-4-10/h2-7H,8H2,1H3. The van der Waals surface area contributed by atoms with Gasteiger partial charge >= 0.3 is 0 Å². The van der Waals surface area contributed by atoms with E-state index >= 15 is 0 Å². The molecule has 3 aromatic rings. The normalized spacial score (nSPS) is 10.8. The van der Waals surface area contributed by atoms with Gasteiger partial charge in [-0.2, -0.15) is 0 Å². The second kappa shape index (κ2) is 6.64. The van der Waals surface area contributed by atoms with Gasteiger partial charge in [-0.3, -0.25) is 4.79 Å². The van der Waals surface area contributed by atoms with Crippen LogP contribution in [0.15, 0.2) is 46.0 Å². The summed E-state index contributed by atoms with van der Waals surface area (Å²) >= 11 is 8.58. The van der Waals surface area contributed by atoms with Gasteiger partial charge in [0.25, 0.3) is 5.22 Å². The topological polar surface area (TPSA) is 56.0 Å². The largest absolute Gasteiger partial charge is 0.411 e. The Kier molecular flexibility index (Phi) is 4.61. The molecule has 0 radical (unpaired) electrons. The zero-order valence-corrected chi connectivity index (χ0v) is 14.0. The summed E-state index contributed by atoms with van der Waals surface area (Å²) in [6.07, 6.45) is 0. The van der Waals surface area contributed by atoms with Crippen LogP contribution in [0.4, 0.5) is 0 Å². The molecule has 0 saturated heterocycles. The summed E-state index contributed by atoms with van der Waals surface area (Å²) in [4.78, 5) is 13.9. The number of halogens is 1. The Labute approximate surface area is 140 Å². The SMILES string of the molecule is Cc1ccc(C(=O)CSc2nnc(-c3ccc(Cl)cc3)o2)s1. The van der Waals surface area contributed by atoms with Crippen LogP contribution in [0.5, 0.6) is 0 Å². The second-order valence-corrected chi connectivity index (χ2v) is 7.15. The van der Waals surface area contributed by atoms with Crippen molar-refractivity contribution in [2.24, 2.45) is 0 Å². The molecule has 0 saturated carbocycles. The number of nitrogens with zero attached hydrogens (tertiary/aromatic N) is 2. The maximum atomic E-state index is 12.0. The molecule has 0 fully saturated rings. The number of ketones is 1. The van der Waals surface area contributed by atoms with Crippen LogP contribution in [0.2, 0.25) is 5.02 Å². The van der Waals surface area contributed by atoms with Crippen molar-refractivity contribution in [3.8, 4) is 11.5 Å². The van der Waals surface area contributed by atoms with Gasteiger partial charge in [0.2, 0.25) is 5.89 Å². The van der Waals surface area contributed by atoms with E-state index in [0.29, 0.717) is 16.1 Å². The molecule has 0 atom stereocenters. The third kappa shape index (κ3) is 3.58. The van der Waals surface area contributed by atoms with Crippen molar-refractivity contribution in [1.82, 2.24) is 10.2 Å². The third-order valence-electron chi connectivity index (χ3n) is 2.84. The predicted molar refractivity (Wildman–Crippen MR) is 88.9 cm³/mol. The molecule has 0 spiro atoms. The van der Waals surface area contributed by atoms with Crippen molar-refractivity contribution in [2.75, 3.05) is 5.75 Å². The van der Waals surface area contributed by atoms with E-state index in [-0.39, 0.29) is 11.5 Å². The molecule has 2 heterocycles. The fraction of sp³-hybridized carbons (Fsp3) is 0.133. The lowest BCUT2D eigenvalue weighted by Crippen LogP contribution is -1.99. The number of hydrogen-bond donors (Lipinski definition) is 0. The van der Waals surface area contributed by atoms with E-state index in [1.54, 1.807) is 12.1 Å². The van der Waals surface area contributed by atoms with Gasteiger partial charge in [0.1, 0.15) is 0 Å². The lowest BCUT2D eigenvalue weighted by atomic mass is 10.2. The van der Waals surface area contributed by atoms with E-state index < -0.39 is 0 Å². The first kappa shape index (κ1) is 15.3. The summed E-state index contributed by atoms with van der Waals surface area (Å²) in [5.74, 6) is 0.760. The summed E-state index contributed by atoms with van der Waals surface area (Å²) in [5.41, 5.74) is 0.795. The van der Waals surface area contributed by atoms with Crippen LogP contribution < -0.4 is 0 Å². The molecule has 7 heteroatoms. The van der Waals surface area contributed by atoms with E-state index in [9.17, 15) is 4.79 Å². The van der Waals surface area contributed by atoms with Gasteiger partial charge in [-0.15, -0.1) is 21.5 Å². The highest BCUT2D eigenvalue weighted by atomic mass is 35.5. The first-order valence-electron chi connectivity index (χ1n) is 6.44. The Hall–Kier alpha value is -1.63. The van der Waals surface area contributed by atoms with Gasteiger partial charge in [-0.1, -0.05) is 23.4 Å².